The summed E-state index contributed by atoms with van der Waals surface area (Å²) in [5.74, 6) is 1.67. The van der Waals surface area contributed by atoms with Gasteiger partial charge in [0.2, 0.25) is 10.0 Å². The van der Waals surface area contributed by atoms with Crippen LogP contribution in [0.3, 0.4) is 0 Å². The molecule has 2 aromatic heterocycles. The second kappa shape index (κ2) is 6.75. The number of sulfonamides is 1. The number of furan rings is 1. The summed E-state index contributed by atoms with van der Waals surface area (Å²) in [7, 11) is -3.79. The number of H-pyrrole nitrogens is 1. The van der Waals surface area contributed by atoms with Gasteiger partial charge in [-0.2, -0.15) is 0 Å². The smallest absolute Gasteiger partial charge is 0.238 e. The third-order valence-electron chi connectivity index (χ3n) is 3.13. The largest absolute Gasteiger partial charge is 0.512 e. The lowest BCUT2D eigenvalue weighted by molar-refractivity contribution is 0.420. The molecule has 4 N–H and O–H groups in total. The number of thioether (sulfide) groups is 1. The van der Waals surface area contributed by atoms with Crippen molar-refractivity contribution in [2.45, 2.75) is 10.1 Å². The van der Waals surface area contributed by atoms with E-state index in [-0.39, 0.29) is 10.7 Å². The lowest BCUT2D eigenvalue weighted by atomic mass is 10.2. The Hall–Kier alpha value is -2.56. The molecule has 8 nitrogen and oxygen atoms in total. The normalized spacial score (nSPS) is 11.6. The molecule has 0 atom stereocenters. The van der Waals surface area contributed by atoms with E-state index in [1.54, 1.807) is 24.3 Å². The molecule has 0 aliphatic heterocycles. The molecule has 0 fully saturated rings. The Morgan fingerprint density at radius 1 is 1.28 bits per heavy atom. The zero-order chi connectivity index (χ0) is 18.0. The van der Waals surface area contributed by atoms with Crippen molar-refractivity contribution in [3.05, 3.63) is 48.7 Å². The number of hydrogen-bond acceptors (Lipinski definition) is 7. The van der Waals surface area contributed by atoms with Crippen LogP contribution in [0, 0.1) is 0 Å². The monoisotopic (exact) mass is 378 g/mol. The van der Waals surface area contributed by atoms with Crippen LogP contribution in [0.15, 0.2) is 63.2 Å². The predicted molar refractivity (Wildman–Crippen MR) is 93.4 cm³/mol. The van der Waals surface area contributed by atoms with Gasteiger partial charge in [0.1, 0.15) is 5.76 Å². The van der Waals surface area contributed by atoms with Crippen LogP contribution in [-0.2, 0) is 10.0 Å². The van der Waals surface area contributed by atoms with Crippen molar-refractivity contribution in [1.82, 2.24) is 15.2 Å². The van der Waals surface area contributed by atoms with Crippen molar-refractivity contribution in [3.63, 3.8) is 0 Å². The minimum atomic E-state index is -3.79. The molecule has 25 heavy (non-hydrogen) atoms. The Morgan fingerprint density at radius 3 is 2.76 bits per heavy atom. The summed E-state index contributed by atoms with van der Waals surface area (Å²) in [4.78, 5) is 2.97. The highest BCUT2D eigenvalue weighted by molar-refractivity contribution is 7.99. The van der Waals surface area contributed by atoms with Gasteiger partial charge in [0, 0.05) is 5.56 Å². The average Bonchev–Trinajstić information content (AvgIpc) is 3.21. The van der Waals surface area contributed by atoms with Gasteiger partial charge in [-0.3, -0.25) is 0 Å². The molecule has 0 saturated heterocycles. The number of nitrogens with one attached hydrogen (secondary N) is 1. The van der Waals surface area contributed by atoms with E-state index >= 15 is 0 Å². The Bertz CT molecular complexity index is 1020. The number of aliphatic hydroxyl groups is 1. The molecule has 10 heteroatoms. The van der Waals surface area contributed by atoms with Crippen molar-refractivity contribution in [2.24, 2.45) is 5.14 Å². The Balaban J connectivity index is 1.85. The molecule has 0 radical (unpaired) electrons. The van der Waals surface area contributed by atoms with E-state index in [2.05, 4.69) is 21.8 Å². The fourth-order valence-corrected chi connectivity index (χ4v) is 3.15. The highest BCUT2D eigenvalue weighted by Gasteiger charge is 2.14. The van der Waals surface area contributed by atoms with Crippen molar-refractivity contribution >= 4 is 21.8 Å². The number of hydrogen-bond donors (Lipinski definition) is 3. The third kappa shape index (κ3) is 4.10. The molecule has 3 aromatic rings. The van der Waals surface area contributed by atoms with Crippen LogP contribution in [0.4, 0.5) is 0 Å². The molecule has 0 unspecified atom stereocenters. The summed E-state index contributed by atoms with van der Waals surface area (Å²) >= 11 is 1.25. The van der Waals surface area contributed by atoms with E-state index in [0.29, 0.717) is 33.8 Å². The Kier molecular flexibility index (Phi) is 4.66. The number of nitrogens with two attached hydrogens (primary N) is 1. The number of rotatable bonds is 6. The van der Waals surface area contributed by atoms with Crippen LogP contribution < -0.4 is 5.14 Å². The standard InChI is InChI=1S/C15H14N4O4S2/c1-9(20)8-24-15-17-14(18-19-15)13-6-5-12(23-13)10-3-2-4-11(7-10)25(16,21)22/h2-7,20H,1,8H2,(H2,16,21,22)(H,17,18,19). The molecule has 3 rings (SSSR count). The van der Waals surface area contributed by atoms with Gasteiger partial charge in [-0.1, -0.05) is 30.5 Å². The number of aromatic amines is 1. The number of aliphatic hydroxyl groups excluding tert-OH is 1. The summed E-state index contributed by atoms with van der Waals surface area (Å²) in [6.45, 7) is 3.40. The summed E-state index contributed by atoms with van der Waals surface area (Å²) in [6.07, 6.45) is 0. The fourth-order valence-electron chi connectivity index (χ4n) is 2.02. The molecule has 0 amide bonds. The zero-order valence-electron chi connectivity index (χ0n) is 12.8. The van der Waals surface area contributed by atoms with E-state index in [1.807, 2.05) is 0 Å². The molecule has 0 saturated carbocycles. The maximum absolute atomic E-state index is 11.5. The molecular weight excluding hydrogens is 364 g/mol. The maximum atomic E-state index is 11.5. The molecule has 0 aliphatic rings. The van der Waals surface area contributed by atoms with Gasteiger partial charge in [-0.25, -0.2) is 13.6 Å². The minimum absolute atomic E-state index is 0.00512. The first-order valence-corrected chi connectivity index (χ1v) is 9.52. The average molecular weight is 378 g/mol. The van der Waals surface area contributed by atoms with Gasteiger partial charge >= 0.3 is 0 Å². The molecule has 2 heterocycles. The Morgan fingerprint density at radius 2 is 2.04 bits per heavy atom. The van der Waals surface area contributed by atoms with Gasteiger partial charge < -0.3 is 14.5 Å². The van der Waals surface area contributed by atoms with Crippen LogP contribution in [0.1, 0.15) is 0 Å². The second-order valence-corrected chi connectivity index (χ2v) is 7.60. The van der Waals surface area contributed by atoms with Gasteiger partial charge in [0.15, 0.2) is 16.7 Å². The zero-order valence-corrected chi connectivity index (χ0v) is 14.5. The molecular formula is C15H14N4O4S2. The van der Waals surface area contributed by atoms with Crippen molar-refractivity contribution in [2.75, 3.05) is 5.75 Å². The number of benzene rings is 1. The first-order valence-electron chi connectivity index (χ1n) is 6.98. The molecule has 0 aliphatic carbocycles. The summed E-state index contributed by atoms with van der Waals surface area (Å²) in [5, 5.41) is 22.7. The van der Waals surface area contributed by atoms with E-state index in [1.165, 1.54) is 23.9 Å². The van der Waals surface area contributed by atoms with Gasteiger partial charge in [0.25, 0.3) is 0 Å². The lowest BCUT2D eigenvalue weighted by Gasteiger charge is -2.01. The van der Waals surface area contributed by atoms with Crippen LogP contribution in [0.25, 0.3) is 22.9 Å². The van der Waals surface area contributed by atoms with E-state index < -0.39 is 10.0 Å². The van der Waals surface area contributed by atoms with Crippen molar-refractivity contribution in [3.8, 4) is 22.9 Å². The van der Waals surface area contributed by atoms with E-state index in [9.17, 15) is 8.42 Å². The lowest BCUT2D eigenvalue weighted by Crippen LogP contribution is -2.11. The molecule has 130 valence electrons. The van der Waals surface area contributed by atoms with Crippen LogP contribution in [0.5, 0.6) is 0 Å². The second-order valence-electron chi connectivity index (χ2n) is 5.07. The summed E-state index contributed by atoms with van der Waals surface area (Å²) in [5.41, 5.74) is 0.573. The minimum Gasteiger partial charge on any atom is -0.512 e. The number of nitrogens with zero attached hydrogens (tertiary/aromatic N) is 2. The third-order valence-corrected chi connectivity index (χ3v) is 4.97. The van der Waals surface area contributed by atoms with Crippen molar-refractivity contribution in [1.29, 1.82) is 0 Å². The topological polar surface area (TPSA) is 135 Å². The molecule has 0 bridgehead atoms. The summed E-state index contributed by atoms with van der Waals surface area (Å²) in [6, 6.07) is 9.54. The van der Waals surface area contributed by atoms with Crippen LogP contribution in [0.2, 0.25) is 0 Å². The van der Waals surface area contributed by atoms with E-state index in [0.717, 1.165) is 0 Å². The SMILES string of the molecule is C=C(O)CSc1nnc(-c2ccc(-c3cccc(S(N)(=O)=O)c3)o2)[nH]1. The van der Waals surface area contributed by atoms with Gasteiger partial charge in [0.05, 0.1) is 16.4 Å². The quantitative estimate of drug-likeness (QED) is 0.443. The van der Waals surface area contributed by atoms with Crippen LogP contribution >= 0.6 is 11.8 Å². The number of aromatic nitrogens is 3. The first kappa shape index (κ1) is 17.3. The van der Waals surface area contributed by atoms with Crippen LogP contribution in [-0.4, -0.2) is 34.5 Å². The highest BCUT2D eigenvalue weighted by atomic mass is 32.2. The Labute approximate surface area is 147 Å². The van der Waals surface area contributed by atoms with Gasteiger partial charge in [-0.05, 0) is 24.3 Å². The van der Waals surface area contributed by atoms with Gasteiger partial charge in [-0.15, -0.1) is 10.2 Å². The first-order chi connectivity index (χ1) is 11.8. The highest BCUT2D eigenvalue weighted by Crippen LogP contribution is 2.28. The van der Waals surface area contributed by atoms with E-state index in [4.69, 9.17) is 14.7 Å². The summed E-state index contributed by atoms with van der Waals surface area (Å²) < 4.78 is 28.6. The molecule has 1 aromatic carbocycles. The molecule has 0 spiro atoms. The predicted octanol–water partition coefficient (Wildman–Crippen LogP) is 2.54. The maximum Gasteiger partial charge on any atom is 0.238 e. The number of primary sulfonamides is 1. The van der Waals surface area contributed by atoms with Crippen molar-refractivity contribution < 1.29 is 17.9 Å². The fraction of sp³-hybridized carbons (Fsp3) is 0.0667.